The van der Waals surface area contributed by atoms with E-state index in [1.54, 1.807) is 0 Å². The molecule has 0 amide bonds. The van der Waals surface area contributed by atoms with Gasteiger partial charge in [0.15, 0.2) is 0 Å². The lowest BCUT2D eigenvalue weighted by molar-refractivity contribution is 0.170. The molecule has 0 fully saturated rings. The Hall–Kier alpha value is -1.04. The molecular weight excluding hydrogens is 186 g/mol. The largest absolute Gasteiger partial charge is 0.273 e. The van der Waals surface area contributed by atoms with Gasteiger partial charge in [0.05, 0.1) is 6.04 Å². The normalized spacial score (nSPS) is 12.1. The summed E-state index contributed by atoms with van der Waals surface area (Å²) >= 11 is 0. The maximum absolute atomic E-state index is 4.11. The monoisotopic (exact) mass is 209 g/mol. The van der Waals surface area contributed by atoms with Gasteiger partial charge in [0.25, 0.3) is 0 Å². The van der Waals surface area contributed by atoms with E-state index in [0.29, 0.717) is 12.1 Å². The highest BCUT2D eigenvalue weighted by molar-refractivity contribution is 5.05. The summed E-state index contributed by atoms with van der Waals surface area (Å²) in [6.07, 6.45) is 0. The Labute approximate surface area is 93.9 Å². The molecule has 0 atom stereocenters. The van der Waals surface area contributed by atoms with E-state index < -0.39 is 0 Å². The van der Waals surface area contributed by atoms with Crippen LogP contribution in [0.25, 0.3) is 0 Å². The molecule has 0 aliphatic carbocycles. The molecule has 0 aliphatic heterocycles. The first-order valence-corrected chi connectivity index (χ1v) is 5.45. The maximum atomic E-state index is 4.11. The lowest BCUT2D eigenvalue weighted by Crippen LogP contribution is -2.31. The lowest BCUT2D eigenvalue weighted by Gasteiger charge is -2.25. The molecule has 0 N–H and O–H groups in total. The molecule has 0 radical (unpaired) electrons. The third kappa shape index (κ3) is 6.96. The first-order chi connectivity index (χ1) is 6.74. The van der Waals surface area contributed by atoms with Gasteiger partial charge >= 0.3 is 0 Å². The van der Waals surface area contributed by atoms with Gasteiger partial charge in [-0.2, -0.15) is 0 Å². The van der Waals surface area contributed by atoms with Crippen LogP contribution < -0.4 is 0 Å². The number of hydrogen-bond acceptors (Lipinski definition) is 2. The minimum atomic E-state index is -0.0144. The van der Waals surface area contributed by atoms with Crippen LogP contribution in [0, 0.1) is 17.4 Å². The third-order valence-corrected chi connectivity index (χ3v) is 1.69. The van der Waals surface area contributed by atoms with Crippen LogP contribution in [-0.2, 0) is 0 Å². The number of nitrogens with zero attached hydrogens (tertiary/aromatic N) is 3. The maximum Gasteiger partial charge on any atom is 0.0599 e. The van der Waals surface area contributed by atoms with Crippen molar-refractivity contribution >= 4 is 0 Å². The van der Waals surface area contributed by atoms with Crippen molar-refractivity contribution in [2.24, 2.45) is 15.8 Å². The van der Waals surface area contributed by atoms with Crippen LogP contribution in [0.3, 0.4) is 0 Å². The van der Waals surface area contributed by atoms with Crippen LogP contribution in [0.1, 0.15) is 48.5 Å². The van der Waals surface area contributed by atoms with Crippen molar-refractivity contribution in [3.05, 3.63) is 0 Å². The first-order valence-electron chi connectivity index (χ1n) is 5.45. The second-order valence-electron chi connectivity index (χ2n) is 5.24. The Bertz CT molecular complexity index is 253. The van der Waals surface area contributed by atoms with Gasteiger partial charge in [-0.3, -0.25) is 5.01 Å². The quantitative estimate of drug-likeness (QED) is 0.397. The standard InChI is InChI=1S/C12H23N3/c1-10(2)15(11(3)4)14-13-9-8-12(5,6)7/h10-11H,1-7H3. The number of rotatable bonds is 3. The molecule has 15 heavy (non-hydrogen) atoms. The number of hydrogen-bond donors (Lipinski definition) is 0. The predicted octanol–water partition coefficient (Wildman–Crippen LogP) is 3.48. The zero-order valence-corrected chi connectivity index (χ0v) is 11.0. The van der Waals surface area contributed by atoms with Crippen LogP contribution in [0.4, 0.5) is 0 Å². The Morgan fingerprint density at radius 2 is 1.47 bits per heavy atom. The van der Waals surface area contributed by atoms with E-state index in [0.717, 1.165) is 0 Å². The fraction of sp³-hybridized carbons (Fsp3) is 0.833. The van der Waals surface area contributed by atoms with E-state index in [1.165, 1.54) is 0 Å². The molecule has 0 aliphatic rings. The Morgan fingerprint density at radius 3 is 1.80 bits per heavy atom. The second-order valence-corrected chi connectivity index (χ2v) is 5.24. The zero-order valence-electron chi connectivity index (χ0n) is 11.0. The van der Waals surface area contributed by atoms with Gasteiger partial charge < -0.3 is 0 Å². The molecule has 0 bridgehead atoms. The van der Waals surface area contributed by atoms with Crippen molar-refractivity contribution in [3.63, 3.8) is 0 Å². The average Bonchev–Trinajstić information content (AvgIpc) is 2.00. The summed E-state index contributed by atoms with van der Waals surface area (Å²) in [5.74, 6) is 3.02. The molecular formula is C12H23N3. The highest BCUT2D eigenvalue weighted by Gasteiger charge is 2.09. The molecule has 0 heterocycles. The van der Waals surface area contributed by atoms with Crippen molar-refractivity contribution < 1.29 is 0 Å². The van der Waals surface area contributed by atoms with E-state index in [2.05, 4.69) is 70.8 Å². The van der Waals surface area contributed by atoms with Gasteiger partial charge in [0, 0.05) is 17.5 Å². The molecule has 0 unspecified atom stereocenters. The summed E-state index contributed by atoms with van der Waals surface area (Å²) in [7, 11) is 0. The summed E-state index contributed by atoms with van der Waals surface area (Å²) in [6, 6.07) is 3.44. The molecule has 3 heteroatoms. The van der Waals surface area contributed by atoms with Crippen LogP contribution in [-0.4, -0.2) is 17.1 Å². The molecule has 0 aromatic rings. The Balaban J connectivity index is 4.41. The highest BCUT2D eigenvalue weighted by atomic mass is 15.6. The van der Waals surface area contributed by atoms with Gasteiger partial charge in [-0.25, -0.2) is 0 Å². The molecule has 0 spiro atoms. The highest BCUT2D eigenvalue weighted by Crippen LogP contribution is 2.10. The van der Waals surface area contributed by atoms with Crippen molar-refractivity contribution in [3.8, 4) is 12.0 Å². The minimum Gasteiger partial charge on any atom is -0.273 e. The van der Waals surface area contributed by atoms with Gasteiger partial charge in [-0.1, -0.05) is 16.3 Å². The second kappa shape index (κ2) is 5.75. The van der Waals surface area contributed by atoms with E-state index in [9.17, 15) is 0 Å². The van der Waals surface area contributed by atoms with Gasteiger partial charge in [-0.15, -0.1) is 0 Å². The van der Waals surface area contributed by atoms with Crippen LogP contribution in [0.15, 0.2) is 10.3 Å². The van der Waals surface area contributed by atoms with Gasteiger partial charge in [0.1, 0.15) is 0 Å². The first kappa shape index (κ1) is 14.0. The lowest BCUT2D eigenvalue weighted by atomic mass is 9.99. The van der Waals surface area contributed by atoms with Gasteiger partial charge in [0.2, 0.25) is 0 Å². The van der Waals surface area contributed by atoms with Crippen molar-refractivity contribution in [2.75, 3.05) is 0 Å². The molecule has 0 aromatic heterocycles. The van der Waals surface area contributed by atoms with Crippen molar-refractivity contribution in [1.29, 1.82) is 0 Å². The minimum absolute atomic E-state index is 0.0144. The smallest absolute Gasteiger partial charge is 0.0599 e. The van der Waals surface area contributed by atoms with Crippen LogP contribution in [0.5, 0.6) is 0 Å². The summed E-state index contributed by atoms with van der Waals surface area (Å²) in [6.45, 7) is 14.5. The van der Waals surface area contributed by atoms with E-state index >= 15 is 0 Å². The summed E-state index contributed by atoms with van der Waals surface area (Å²) in [4.78, 5) is 0. The summed E-state index contributed by atoms with van der Waals surface area (Å²) < 4.78 is 0. The van der Waals surface area contributed by atoms with Gasteiger partial charge in [-0.05, 0) is 48.5 Å². The SMILES string of the molecule is CC(C)N(N=NC#CC(C)(C)C)C(C)C. The predicted molar refractivity (Wildman–Crippen MR) is 64.2 cm³/mol. The zero-order chi connectivity index (χ0) is 12.1. The van der Waals surface area contributed by atoms with Crippen molar-refractivity contribution in [2.45, 2.75) is 60.5 Å². The Kier molecular flexibility index (Phi) is 5.35. The Morgan fingerprint density at radius 1 is 1.00 bits per heavy atom. The molecule has 0 rings (SSSR count). The molecule has 0 saturated carbocycles. The van der Waals surface area contributed by atoms with Crippen LogP contribution >= 0.6 is 0 Å². The fourth-order valence-electron chi connectivity index (χ4n) is 1.07. The molecule has 0 saturated heterocycles. The average molecular weight is 209 g/mol. The van der Waals surface area contributed by atoms with E-state index in [4.69, 9.17) is 0 Å². The summed E-state index contributed by atoms with van der Waals surface area (Å²) in [5, 5.41) is 9.94. The molecule has 86 valence electrons. The van der Waals surface area contributed by atoms with E-state index in [1.807, 2.05) is 5.01 Å². The topological polar surface area (TPSA) is 28.0 Å². The molecule has 0 aromatic carbocycles. The third-order valence-electron chi connectivity index (χ3n) is 1.69. The van der Waals surface area contributed by atoms with E-state index in [-0.39, 0.29) is 5.41 Å². The fourth-order valence-corrected chi connectivity index (χ4v) is 1.07. The van der Waals surface area contributed by atoms with Crippen molar-refractivity contribution in [1.82, 2.24) is 5.01 Å². The molecule has 3 nitrogen and oxygen atoms in total. The summed E-state index contributed by atoms with van der Waals surface area (Å²) in [5.41, 5.74) is -0.0144. The van der Waals surface area contributed by atoms with Crippen LogP contribution in [0.2, 0.25) is 0 Å².